The van der Waals surface area contributed by atoms with Gasteiger partial charge >= 0.3 is 0 Å². The number of piperidine rings is 1. The van der Waals surface area contributed by atoms with Gasteiger partial charge in [0.25, 0.3) is 0 Å². The molecular formula is C17H26N2. The van der Waals surface area contributed by atoms with Crippen molar-refractivity contribution in [3.63, 3.8) is 0 Å². The van der Waals surface area contributed by atoms with Gasteiger partial charge in [-0.25, -0.2) is 0 Å². The fourth-order valence-corrected chi connectivity index (χ4v) is 3.95. The minimum atomic E-state index is 0.838. The van der Waals surface area contributed by atoms with E-state index in [2.05, 4.69) is 30.0 Å². The van der Waals surface area contributed by atoms with Crippen LogP contribution in [0.5, 0.6) is 0 Å². The van der Waals surface area contributed by atoms with E-state index < -0.39 is 0 Å². The van der Waals surface area contributed by atoms with Gasteiger partial charge in [-0.2, -0.15) is 0 Å². The molecule has 19 heavy (non-hydrogen) atoms. The summed E-state index contributed by atoms with van der Waals surface area (Å²) in [6.45, 7) is 4.44. The molecule has 1 saturated heterocycles. The molecule has 3 rings (SSSR count). The van der Waals surface area contributed by atoms with E-state index in [1.807, 2.05) is 0 Å². The van der Waals surface area contributed by atoms with Gasteiger partial charge in [0.15, 0.2) is 0 Å². The first-order valence-corrected chi connectivity index (χ1v) is 7.83. The number of fused-ring (bicyclic) bond motifs is 1. The number of likely N-dealkylation sites (tertiary alicyclic amines) is 1. The standard InChI is InChI=1S/C17H26N2/c1-13-8-9-14(11-16(13)18)12-19-10-4-6-15-5-2-3-7-17(15)19/h8-9,11,15,17H,2-7,10,12,18H2,1H3/t15-,17-/m1/s1. The number of nitrogens with two attached hydrogens (primary N) is 1. The molecule has 1 heterocycles. The van der Waals surface area contributed by atoms with Crippen molar-refractivity contribution in [3.05, 3.63) is 29.3 Å². The van der Waals surface area contributed by atoms with Gasteiger partial charge in [-0.15, -0.1) is 0 Å². The highest BCUT2D eigenvalue weighted by Crippen LogP contribution is 2.36. The average molecular weight is 258 g/mol. The smallest absolute Gasteiger partial charge is 0.0346 e. The molecule has 1 aromatic rings. The molecule has 1 aromatic carbocycles. The van der Waals surface area contributed by atoms with E-state index in [4.69, 9.17) is 5.73 Å². The third-order valence-electron chi connectivity index (χ3n) is 5.09. The van der Waals surface area contributed by atoms with Gasteiger partial charge in [-0.05, 0) is 62.3 Å². The van der Waals surface area contributed by atoms with Crippen LogP contribution < -0.4 is 5.73 Å². The first kappa shape index (κ1) is 13.0. The van der Waals surface area contributed by atoms with Crippen LogP contribution in [0.2, 0.25) is 0 Å². The van der Waals surface area contributed by atoms with E-state index in [1.54, 1.807) is 0 Å². The zero-order valence-electron chi connectivity index (χ0n) is 12.1. The zero-order valence-corrected chi connectivity index (χ0v) is 12.1. The molecule has 1 aliphatic carbocycles. The summed E-state index contributed by atoms with van der Waals surface area (Å²) in [5.41, 5.74) is 9.55. The third kappa shape index (κ3) is 2.79. The molecule has 2 fully saturated rings. The summed E-state index contributed by atoms with van der Waals surface area (Å²) in [7, 11) is 0. The molecule has 2 N–H and O–H groups in total. The molecule has 2 heteroatoms. The summed E-state index contributed by atoms with van der Waals surface area (Å²) in [5, 5.41) is 0. The lowest BCUT2D eigenvalue weighted by atomic mass is 9.78. The Morgan fingerprint density at radius 2 is 1.95 bits per heavy atom. The maximum atomic E-state index is 6.04. The van der Waals surface area contributed by atoms with Crippen molar-refractivity contribution in [2.75, 3.05) is 12.3 Å². The van der Waals surface area contributed by atoms with E-state index in [1.165, 1.54) is 56.2 Å². The van der Waals surface area contributed by atoms with E-state index in [0.717, 1.165) is 24.2 Å². The molecule has 104 valence electrons. The maximum absolute atomic E-state index is 6.04. The van der Waals surface area contributed by atoms with Gasteiger partial charge in [-0.3, -0.25) is 4.90 Å². The molecular weight excluding hydrogens is 232 g/mol. The maximum Gasteiger partial charge on any atom is 0.0346 e. The Kier molecular flexibility index (Phi) is 3.79. The molecule has 0 amide bonds. The minimum Gasteiger partial charge on any atom is -0.399 e. The number of nitrogen functional groups attached to an aromatic ring is 1. The monoisotopic (exact) mass is 258 g/mol. The number of anilines is 1. The normalized spacial score (nSPS) is 28.1. The van der Waals surface area contributed by atoms with Crippen LogP contribution in [-0.4, -0.2) is 17.5 Å². The van der Waals surface area contributed by atoms with Crippen LogP contribution in [0, 0.1) is 12.8 Å². The van der Waals surface area contributed by atoms with E-state index >= 15 is 0 Å². The van der Waals surface area contributed by atoms with Crippen molar-refractivity contribution in [2.45, 2.75) is 58.0 Å². The van der Waals surface area contributed by atoms with Crippen LogP contribution >= 0.6 is 0 Å². The molecule has 0 aromatic heterocycles. The Morgan fingerprint density at radius 3 is 2.79 bits per heavy atom. The largest absolute Gasteiger partial charge is 0.399 e. The number of aryl methyl sites for hydroxylation is 1. The molecule has 1 saturated carbocycles. The Morgan fingerprint density at radius 1 is 1.16 bits per heavy atom. The average Bonchev–Trinajstić information content (AvgIpc) is 2.43. The van der Waals surface area contributed by atoms with Gasteiger partial charge in [-0.1, -0.05) is 25.0 Å². The SMILES string of the molecule is Cc1ccc(CN2CCC[C@H]3CCCC[C@H]32)cc1N. The topological polar surface area (TPSA) is 29.3 Å². The van der Waals surface area contributed by atoms with Gasteiger partial charge in [0.05, 0.1) is 0 Å². The summed E-state index contributed by atoms with van der Waals surface area (Å²) in [5.74, 6) is 0.963. The number of benzene rings is 1. The second-order valence-corrected chi connectivity index (χ2v) is 6.42. The molecule has 0 spiro atoms. The molecule has 2 nitrogen and oxygen atoms in total. The lowest BCUT2D eigenvalue weighted by Crippen LogP contribution is -2.46. The number of rotatable bonds is 2. The molecule has 2 aliphatic rings. The van der Waals surface area contributed by atoms with Crippen LogP contribution in [0.4, 0.5) is 5.69 Å². The Balaban J connectivity index is 1.72. The van der Waals surface area contributed by atoms with Crippen molar-refractivity contribution in [2.24, 2.45) is 5.92 Å². The Bertz CT molecular complexity index is 439. The van der Waals surface area contributed by atoms with Gasteiger partial charge in [0.1, 0.15) is 0 Å². The fraction of sp³-hybridized carbons (Fsp3) is 0.647. The third-order valence-corrected chi connectivity index (χ3v) is 5.09. The Labute approximate surface area is 117 Å². The minimum absolute atomic E-state index is 0.838. The van der Waals surface area contributed by atoms with Crippen molar-refractivity contribution >= 4 is 5.69 Å². The van der Waals surface area contributed by atoms with Crippen LogP contribution in [0.1, 0.15) is 49.7 Å². The van der Waals surface area contributed by atoms with Crippen LogP contribution in [0.25, 0.3) is 0 Å². The molecule has 0 unspecified atom stereocenters. The lowest BCUT2D eigenvalue weighted by Gasteiger charge is -2.44. The predicted molar refractivity (Wildman–Crippen MR) is 81.0 cm³/mol. The summed E-state index contributed by atoms with van der Waals surface area (Å²) in [6, 6.07) is 7.41. The molecule has 0 bridgehead atoms. The summed E-state index contributed by atoms with van der Waals surface area (Å²) >= 11 is 0. The van der Waals surface area contributed by atoms with Crippen molar-refractivity contribution in [1.29, 1.82) is 0 Å². The molecule has 2 atom stereocenters. The summed E-state index contributed by atoms with van der Waals surface area (Å²) < 4.78 is 0. The zero-order chi connectivity index (χ0) is 13.2. The highest BCUT2D eigenvalue weighted by atomic mass is 15.2. The number of hydrogen-bond donors (Lipinski definition) is 1. The molecule has 0 radical (unpaired) electrons. The first-order valence-electron chi connectivity index (χ1n) is 7.83. The second-order valence-electron chi connectivity index (χ2n) is 6.42. The number of nitrogens with zero attached hydrogens (tertiary/aromatic N) is 1. The van der Waals surface area contributed by atoms with E-state index in [-0.39, 0.29) is 0 Å². The lowest BCUT2D eigenvalue weighted by molar-refractivity contribution is 0.0547. The highest BCUT2D eigenvalue weighted by molar-refractivity contribution is 5.48. The van der Waals surface area contributed by atoms with E-state index in [0.29, 0.717) is 0 Å². The quantitative estimate of drug-likeness (QED) is 0.819. The first-order chi connectivity index (χ1) is 9.24. The predicted octanol–water partition coefficient (Wildman–Crippen LogP) is 3.73. The van der Waals surface area contributed by atoms with Crippen LogP contribution in [0.3, 0.4) is 0 Å². The van der Waals surface area contributed by atoms with Gasteiger partial charge in [0, 0.05) is 18.3 Å². The van der Waals surface area contributed by atoms with Crippen LogP contribution in [-0.2, 0) is 6.54 Å². The summed E-state index contributed by atoms with van der Waals surface area (Å²) in [4.78, 5) is 2.72. The van der Waals surface area contributed by atoms with Crippen molar-refractivity contribution in [1.82, 2.24) is 4.90 Å². The number of hydrogen-bond acceptors (Lipinski definition) is 2. The second kappa shape index (κ2) is 5.54. The van der Waals surface area contributed by atoms with Gasteiger partial charge in [0.2, 0.25) is 0 Å². The highest BCUT2D eigenvalue weighted by Gasteiger charge is 2.32. The van der Waals surface area contributed by atoms with Crippen LogP contribution in [0.15, 0.2) is 18.2 Å². The Hall–Kier alpha value is -1.02. The van der Waals surface area contributed by atoms with E-state index in [9.17, 15) is 0 Å². The fourth-order valence-electron chi connectivity index (χ4n) is 3.95. The molecule has 1 aliphatic heterocycles. The van der Waals surface area contributed by atoms with Gasteiger partial charge < -0.3 is 5.73 Å². The summed E-state index contributed by atoms with van der Waals surface area (Å²) in [6.07, 6.45) is 8.57. The van der Waals surface area contributed by atoms with Crippen molar-refractivity contribution in [3.8, 4) is 0 Å². The van der Waals surface area contributed by atoms with Crippen molar-refractivity contribution < 1.29 is 0 Å².